The van der Waals surface area contributed by atoms with E-state index < -0.39 is 0 Å². The quantitative estimate of drug-likeness (QED) is 0.249. The Morgan fingerprint density at radius 1 is 1.50 bits per heavy atom. The summed E-state index contributed by atoms with van der Waals surface area (Å²) in [4.78, 5) is 4.16. The first-order valence-electron chi connectivity index (χ1n) is 5.04. The smallest absolute Gasteiger partial charge is 0.206 e. The molecular weight excluding hydrogens is 180 g/mol. The third kappa shape index (κ3) is 5.77. The topological polar surface area (TPSA) is 71.7 Å². The molecule has 0 radical (unpaired) electrons. The Morgan fingerprint density at radius 2 is 2.21 bits per heavy atom. The number of aliphatic imine (C=N–C) groups is 1. The van der Waals surface area contributed by atoms with Gasteiger partial charge in [0.25, 0.3) is 0 Å². The van der Waals surface area contributed by atoms with Gasteiger partial charge in [0.05, 0.1) is 12.6 Å². The van der Waals surface area contributed by atoms with Crippen LogP contribution in [-0.2, 0) is 4.74 Å². The van der Waals surface area contributed by atoms with Gasteiger partial charge in [0.15, 0.2) is 0 Å². The van der Waals surface area contributed by atoms with Gasteiger partial charge < -0.3 is 10.1 Å². The number of nitrogens with zero attached hydrogens (tertiary/aromatic N) is 1. The van der Waals surface area contributed by atoms with Crippen LogP contribution >= 0.6 is 0 Å². The van der Waals surface area contributed by atoms with Gasteiger partial charge in [0, 0.05) is 13.7 Å². The Kier molecular flexibility index (Phi) is 8.27. The average molecular weight is 202 g/mol. The van der Waals surface area contributed by atoms with Gasteiger partial charge in [-0.1, -0.05) is 13.3 Å². The van der Waals surface area contributed by atoms with E-state index in [-0.39, 0.29) is 6.04 Å². The first-order valence-corrected chi connectivity index (χ1v) is 5.04. The van der Waals surface area contributed by atoms with Crippen LogP contribution in [0.15, 0.2) is 4.99 Å². The SMILES string of the molecule is CCCC(COC)NC(=NCC)NN. The molecular formula is C9H22N4O. The van der Waals surface area contributed by atoms with Crippen LogP contribution in [-0.4, -0.2) is 32.3 Å². The number of nitrogens with one attached hydrogen (secondary N) is 2. The summed E-state index contributed by atoms with van der Waals surface area (Å²) < 4.78 is 5.09. The van der Waals surface area contributed by atoms with Gasteiger partial charge in [0.1, 0.15) is 0 Å². The molecule has 0 aliphatic heterocycles. The molecule has 0 spiro atoms. The highest BCUT2D eigenvalue weighted by molar-refractivity contribution is 5.79. The molecule has 5 nitrogen and oxygen atoms in total. The summed E-state index contributed by atoms with van der Waals surface area (Å²) in [5, 5.41) is 3.20. The summed E-state index contributed by atoms with van der Waals surface area (Å²) in [6, 6.07) is 0.270. The van der Waals surface area contributed by atoms with E-state index >= 15 is 0 Å². The Morgan fingerprint density at radius 3 is 2.64 bits per heavy atom. The number of guanidine groups is 1. The monoisotopic (exact) mass is 202 g/mol. The normalized spacial score (nSPS) is 13.9. The molecule has 0 amide bonds. The molecule has 0 heterocycles. The zero-order chi connectivity index (χ0) is 10.8. The Balaban J connectivity index is 4.03. The van der Waals surface area contributed by atoms with E-state index in [2.05, 4.69) is 22.7 Å². The minimum atomic E-state index is 0.270. The minimum Gasteiger partial charge on any atom is -0.383 e. The van der Waals surface area contributed by atoms with Gasteiger partial charge in [0.2, 0.25) is 5.96 Å². The van der Waals surface area contributed by atoms with Gasteiger partial charge in [-0.05, 0) is 13.3 Å². The molecule has 1 atom stereocenters. The zero-order valence-corrected chi connectivity index (χ0v) is 9.34. The summed E-state index contributed by atoms with van der Waals surface area (Å²) in [5.41, 5.74) is 2.53. The van der Waals surface area contributed by atoms with Crippen molar-refractivity contribution in [2.75, 3.05) is 20.3 Å². The second-order valence-corrected chi connectivity index (χ2v) is 3.05. The van der Waals surface area contributed by atoms with E-state index in [0.717, 1.165) is 12.8 Å². The number of nitrogens with two attached hydrogens (primary N) is 1. The van der Waals surface area contributed by atoms with Crippen molar-refractivity contribution in [3.8, 4) is 0 Å². The maximum atomic E-state index is 5.32. The van der Waals surface area contributed by atoms with E-state index in [4.69, 9.17) is 10.6 Å². The molecule has 1 unspecified atom stereocenters. The van der Waals surface area contributed by atoms with E-state index in [0.29, 0.717) is 19.1 Å². The molecule has 4 N–H and O–H groups in total. The predicted octanol–water partition coefficient (Wildman–Crippen LogP) is 0.230. The van der Waals surface area contributed by atoms with Gasteiger partial charge in [-0.25, -0.2) is 5.84 Å². The first-order chi connectivity index (χ1) is 6.78. The number of hydrazine groups is 1. The average Bonchev–Trinajstić information content (AvgIpc) is 2.18. The Hall–Kier alpha value is -0.810. The third-order valence-electron chi connectivity index (χ3n) is 1.80. The van der Waals surface area contributed by atoms with Crippen molar-refractivity contribution in [1.82, 2.24) is 10.7 Å². The molecule has 0 bridgehead atoms. The van der Waals surface area contributed by atoms with Crippen LogP contribution in [0.1, 0.15) is 26.7 Å². The molecule has 0 aromatic rings. The lowest BCUT2D eigenvalue weighted by Crippen LogP contribution is -2.48. The van der Waals surface area contributed by atoms with Crippen molar-refractivity contribution in [2.45, 2.75) is 32.7 Å². The molecule has 0 fully saturated rings. The molecule has 0 aromatic heterocycles. The van der Waals surface area contributed by atoms with Gasteiger partial charge in [-0.15, -0.1) is 0 Å². The van der Waals surface area contributed by atoms with Crippen molar-refractivity contribution in [1.29, 1.82) is 0 Å². The molecule has 0 aliphatic rings. The van der Waals surface area contributed by atoms with Crippen molar-refractivity contribution in [3.05, 3.63) is 0 Å². The fourth-order valence-electron chi connectivity index (χ4n) is 1.23. The van der Waals surface area contributed by atoms with E-state index in [1.807, 2.05) is 6.92 Å². The second-order valence-electron chi connectivity index (χ2n) is 3.05. The number of rotatable bonds is 6. The van der Waals surface area contributed by atoms with Crippen molar-refractivity contribution >= 4 is 5.96 Å². The molecule has 14 heavy (non-hydrogen) atoms. The van der Waals surface area contributed by atoms with Crippen LogP contribution in [0.4, 0.5) is 0 Å². The Bertz CT molecular complexity index is 155. The molecule has 5 heteroatoms. The fourth-order valence-corrected chi connectivity index (χ4v) is 1.23. The highest BCUT2D eigenvalue weighted by atomic mass is 16.5. The van der Waals surface area contributed by atoms with Gasteiger partial charge >= 0.3 is 0 Å². The maximum absolute atomic E-state index is 5.32. The first kappa shape index (κ1) is 13.2. The van der Waals surface area contributed by atoms with E-state index in [1.165, 1.54) is 0 Å². The van der Waals surface area contributed by atoms with Crippen LogP contribution in [0.3, 0.4) is 0 Å². The fraction of sp³-hybridized carbons (Fsp3) is 0.889. The number of hydrogen-bond acceptors (Lipinski definition) is 3. The minimum absolute atomic E-state index is 0.270. The van der Waals surface area contributed by atoms with Crippen molar-refractivity contribution in [3.63, 3.8) is 0 Å². The third-order valence-corrected chi connectivity index (χ3v) is 1.80. The van der Waals surface area contributed by atoms with Crippen LogP contribution in [0.2, 0.25) is 0 Å². The highest BCUT2D eigenvalue weighted by Gasteiger charge is 2.08. The number of methoxy groups -OCH3 is 1. The number of hydrogen-bond donors (Lipinski definition) is 3. The van der Waals surface area contributed by atoms with Crippen LogP contribution in [0, 0.1) is 0 Å². The van der Waals surface area contributed by atoms with Crippen LogP contribution in [0.25, 0.3) is 0 Å². The largest absolute Gasteiger partial charge is 0.383 e. The highest BCUT2D eigenvalue weighted by Crippen LogP contribution is 1.96. The van der Waals surface area contributed by atoms with E-state index in [1.54, 1.807) is 7.11 Å². The predicted molar refractivity (Wildman–Crippen MR) is 59.0 cm³/mol. The van der Waals surface area contributed by atoms with E-state index in [9.17, 15) is 0 Å². The zero-order valence-electron chi connectivity index (χ0n) is 9.34. The van der Waals surface area contributed by atoms with Gasteiger partial charge in [-0.2, -0.15) is 0 Å². The molecule has 0 aliphatic carbocycles. The summed E-state index contributed by atoms with van der Waals surface area (Å²) in [7, 11) is 1.69. The molecule has 0 saturated carbocycles. The Labute approximate surface area is 86.1 Å². The summed E-state index contributed by atoms with van der Waals surface area (Å²) in [5.74, 6) is 5.94. The van der Waals surface area contributed by atoms with Crippen LogP contribution in [0.5, 0.6) is 0 Å². The number of ether oxygens (including phenoxy) is 1. The molecule has 0 rings (SSSR count). The lowest BCUT2D eigenvalue weighted by Gasteiger charge is -2.19. The summed E-state index contributed by atoms with van der Waals surface area (Å²) in [6.07, 6.45) is 2.14. The second kappa shape index (κ2) is 8.77. The van der Waals surface area contributed by atoms with Gasteiger partial charge in [-0.3, -0.25) is 10.4 Å². The maximum Gasteiger partial charge on any atom is 0.206 e. The lowest BCUT2D eigenvalue weighted by molar-refractivity contribution is 0.169. The summed E-state index contributed by atoms with van der Waals surface area (Å²) in [6.45, 7) is 5.47. The molecule has 0 aromatic carbocycles. The molecule has 84 valence electrons. The van der Waals surface area contributed by atoms with Crippen molar-refractivity contribution < 1.29 is 4.74 Å². The standard InChI is InChI=1S/C9H22N4O/c1-4-6-8(7-14-3)12-9(13-10)11-5-2/h8H,4-7,10H2,1-3H3,(H2,11,12,13). The van der Waals surface area contributed by atoms with Crippen LogP contribution < -0.4 is 16.6 Å². The molecule has 0 saturated heterocycles. The lowest BCUT2D eigenvalue weighted by atomic mass is 10.2. The summed E-state index contributed by atoms with van der Waals surface area (Å²) >= 11 is 0. The van der Waals surface area contributed by atoms with Crippen molar-refractivity contribution in [2.24, 2.45) is 10.8 Å².